The summed E-state index contributed by atoms with van der Waals surface area (Å²) in [6.07, 6.45) is 1.75. The first-order valence-electron chi connectivity index (χ1n) is 6.37. The fraction of sp³-hybridized carbons (Fsp3) is 0.200. The van der Waals surface area contributed by atoms with Crippen LogP contribution in [-0.2, 0) is 0 Å². The minimum absolute atomic E-state index is 0.117. The highest BCUT2D eigenvalue weighted by Crippen LogP contribution is 2.34. The molecule has 0 bridgehead atoms. The zero-order chi connectivity index (χ0) is 14.1. The molecule has 0 unspecified atom stereocenters. The Morgan fingerprint density at radius 3 is 2.90 bits per heavy atom. The van der Waals surface area contributed by atoms with Gasteiger partial charge < -0.3 is 4.98 Å². The Morgan fingerprint density at radius 2 is 2.15 bits per heavy atom. The van der Waals surface area contributed by atoms with Crippen LogP contribution in [0, 0.1) is 12.7 Å². The predicted octanol–water partition coefficient (Wildman–Crippen LogP) is 4.26. The minimum Gasteiger partial charge on any atom is -0.331 e. The number of hydrogen-bond donors (Lipinski definition) is 1. The van der Waals surface area contributed by atoms with Crippen LogP contribution in [0.3, 0.4) is 0 Å². The summed E-state index contributed by atoms with van der Waals surface area (Å²) < 4.78 is 13.2. The van der Waals surface area contributed by atoms with Crippen LogP contribution in [0.25, 0.3) is 11.2 Å². The van der Waals surface area contributed by atoms with E-state index in [0.29, 0.717) is 0 Å². The summed E-state index contributed by atoms with van der Waals surface area (Å²) in [4.78, 5) is 12.0. The van der Waals surface area contributed by atoms with Crippen LogP contribution in [-0.4, -0.2) is 15.0 Å². The van der Waals surface area contributed by atoms with Crippen molar-refractivity contribution < 1.29 is 4.39 Å². The summed E-state index contributed by atoms with van der Waals surface area (Å²) in [5.74, 6) is -0.211. The molecule has 3 aromatic rings. The van der Waals surface area contributed by atoms with Crippen molar-refractivity contribution in [3.8, 4) is 0 Å². The molecule has 5 heteroatoms. The van der Waals surface area contributed by atoms with Crippen LogP contribution >= 0.6 is 11.8 Å². The Hall–Kier alpha value is -1.88. The smallest absolute Gasteiger partial charge is 0.178 e. The second-order valence-electron chi connectivity index (χ2n) is 4.68. The van der Waals surface area contributed by atoms with Crippen molar-refractivity contribution in [2.24, 2.45) is 0 Å². The Bertz CT molecular complexity index is 754. The molecule has 0 aliphatic heterocycles. The van der Waals surface area contributed by atoms with E-state index >= 15 is 0 Å². The SMILES string of the molecule is Cc1ccnc2nc(S[C@H](C)c3cccc(F)c3)[nH]c12. The Morgan fingerprint density at radius 1 is 1.30 bits per heavy atom. The second kappa shape index (κ2) is 5.25. The van der Waals surface area contributed by atoms with Crippen LogP contribution in [0.2, 0.25) is 0 Å². The lowest BCUT2D eigenvalue weighted by Crippen LogP contribution is -1.90. The molecule has 0 aliphatic carbocycles. The van der Waals surface area contributed by atoms with Gasteiger partial charge in [-0.15, -0.1) is 0 Å². The first kappa shape index (κ1) is 13.1. The number of nitrogens with one attached hydrogen (secondary N) is 1. The molecule has 102 valence electrons. The van der Waals surface area contributed by atoms with Gasteiger partial charge in [-0.25, -0.2) is 14.4 Å². The number of fused-ring (bicyclic) bond motifs is 1. The second-order valence-corrected chi connectivity index (χ2v) is 6.01. The number of aromatic amines is 1. The molecule has 0 saturated heterocycles. The van der Waals surface area contributed by atoms with Crippen LogP contribution in [0.15, 0.2) is 41.7 Å². The molecular weight excluding hydrogens is 273 g/mol. The van der Waals surface area contributed by atoms with E-state index in [0.717, 1.165) is 27.4 Å². The molecule has 20 heavy (non-hydrogen) atoms. The molecule has 1 atom stereocenters. The quantitative estimate of drug-likeness (QED) is 0.732. The summed E-state index contributed by atoms with van der Waals surface area (Å²) in [6.45, 7) is 4.06. The topological polar surface area (TPSA) is 41.6 Å². The highest BCUT2D eigenvalue weighted by molar-refractivity contribution is 7.99. The number of aryl methyl sites for hydroxylation is 1. The predicted molar refractivity (Wildman–Crippen MR) is 79.3 cm³/mol. The van der Waals surface area contributed by atoms with E-state index in [9.17, 15) is 4.39 Å². The van der Waals surface area contributed by atoms with Gasteiger partial charge in [-0.05, 0) is 43.2 Å². The third kappa shape index (κ3) is 2.54. The highest BCUT2D eigenvalue weighted by Gasteiger charge is 2.12. The Balaban J connectivity index is 1.87. The molecule has 3 rings (SSSR count). The van der Waals surface area contributed by atoms with Gasteiger partial charge in [-0.1, -0.05) is 23.9 Å². The molecule has 0 spiro atoms. The number of benzene rings is 1. The van der Waals surface area contributed by atoms with Gasteiger partial charge in [0.25, 0.3) is 0 Å². The molecule has 0 fully saturated rings. The number of H-pyrrole nitrogens is 1. The first-order valence-corrected chi connectivity index (χ1v) is 7.25. The molecule has 0 aliphatic rings. The zero-order valence-electron chi connectivity index (χ0n) is 11.2. The highest BCUT2D eigenvalue weighted by atomic mass is 32.2. The van der Waals surface area contributed by atoms with Crippen LogP contribution < -0.4 is 0 Å². The fourth-order valence-electron chi connectivity index (χ4n) is 2.06. The van der Waals surface area contributed by atoms with Gasteiger partial charge in [0.1, 0.15) is 5.82 Å². The Kier molecular flexibility index (Phi) is 3.44. The van der Waals surface area contributed by atoms with Gasteiger partial charge in [0.05, 0.1) is 5.52 Å². The summed E-state index contributed by atoms with van der Waals surface area (Å²) in [5.41, 5.74) is 3.74. The normalized spacial score (nSPS) is 12.8. The molecule has 0 amide bonds. The van der Waals surface area contributed by atoms with E-state index in [2.05, 4.69) is 15.0 Å². The van der Waals surface area contributed by atoms with Crippen molar-refractivity contribution in [2.45, 2.75) is 24.3 Å². The van der Waals surface area contributed by atoms with Gasteiger partial charge >= 0.3 is 0 Å². The van der Waals surface area contributed by atoms with E-state index in [-0.39, 0.29) is 11.1 Å². The van der Waals surface area contributed by atoms with E-state index < -0.39 is 0 Å². The first-order chi connectivity index (χ1) is 9.63. The number of thioether (sulfide) groups is 1. The standard InChI is InChI=1S/C15H14FN3S/c1-9-6-7-17-14-13(9)18-15(19-14)20-10(2)11-4-3-5-12(16)8-11/h3-8,10H,1-2H3,(H,17,18,19)/t10-/m1/s1. The molecule has 2 heterocycles. The van der Waals surface area contributed by atoms with Gasteiger partial charge in [0, 0.05) is 11.4 Å². The lowest BCUT2D eigenvalue weighted by atomic mass is 10.2. The summed E-state index contributed by atoms with van der Waals surface area (Å²) in [7, 11) is 0. The molecule has 0 saturated carbocycles. The van der Waals surface area contributed by atoms with Crippen LogP contribution in [0.1, 0.15) is 23.3 Å². The monoisotopic (exact) mass is 287 g/mol. The maximum absolute atomic E-state index is 13.2. The number of hydrogen-bond acceptors (Lipinski definition) is 3. The van der Waals surface area contributed by atoms with Crippen molar-refractivity contribution in [1.29, 1.82) is 0 Å². The van der Waals surface area contributed by atoms with E-state index in [1.165, 1.54) is 6.07 Å². The van der Waals surface area contributed by atoms with Crippen molar-refractivity contribution in [2.75, 3.05) is 0 Å². The molecule has 1 aromatic carbocycles. The summed E-state index contributed by atoms with van der Waals surface area (Å²) >= 11 is 1.57. The van der Waals surface area contributed by atoms with E-state index in [4.69, 9.17) is 0 Å². The lowest BCUT2D eigenvalue weighted by Gasteiger charge is -2.09. The maximum atomic E-state index is 13.2. The lowest BCUT2D eigenvalue weighted by molar-refractivity contribution is 0.625. The number of halogens is 1. The number of aromatic nitrogens is 3. The molecule has 0 radical (unpaired) electrons. The number of imidazole rings is 1. The average molecular weight is 287 g/mol. The largest absolute Gasteiger partial charge is 0.331 e. The van der Waals surface area contributed by atoms with Gasteiger partial charge in [-0.3, -0.25) is 0 Å². The van der Waals surface area contributed by atoms with Gasteiger partial charge in [0.15, 0.2) is 10.8 Å². The average Bonchev–Trinajstić information content (AvgIpc) is 2.83. The van der Waals surface area contributed by atoms with E-state index in [1.54, 1.807) is 30.1 Å². The number of rotatable bonds is 3. The summed E-state index contributed by atoms with van der Waals surface area (Å²) in [6, 6.07) is 8.61. The molecule has 2 aromatic heterocycles. The van der Waals surface area contributed by atoms with Crippen LogP contribution in [0.4, 0.5) is 4.39 Å². The van der Waals surface area contributed by atoms with Crippen molar-refractivity contribution in [3.63, 3.8) is 0 Å². The van der Waals surface area contributed by atoms with Gasteiger partial charge in [-0.2, -0.15) is 0 Å². The minimum atomic E-state index is -0.211. The fourth-order valence-corrected chi connectivity index (χ4v) is 2.98. The molecular formula is C15H14FN3S. The number of pyridine rings is 1. The van der Waals surface area contributed by atoms with Crippen molar-refractivity contribution in [1.82, 2.24) is 15.0 Å². The molecule has 3 nitrogen and oxygen atoms in total. The zero-order valence-corrected chi connectivity index (χ0v) is 12.0. The van der Waals surface area contributed by atoms with Crippen molar-refractivity contribution in [3.05, 3.63) is 53.5 Å². The van der Waals surface area contributed by atoms with Gasteiger partial charge in [0.2, 0.25) is 0 Å². The maximum Gasteiger partial charge on any atom is 0.178 e. The Labute approximate surface area is 120 Å². The van der Waals surface area contributed by atoms with Crippen LogP contribution in [0.5, 0.6) is 0 Å². The number of nitrogens with zero attached hydrogens (tertiary/aromatic N) is 2. The van der Waals surface area contributed by atoms with E-state index in [1.807, 2.05) is 26.0 Å². The summed E-state index contributed by atoms with van der Waals surface area (Å²) in [5, 5.41) is 0.921. The third-order valence-corrected chi connectivity index (χ3v) is 4.23. The third-order valence-electron chi connectivity index (χ3n) is 3.19. The molecule has 1 N–H and O–H groups in total. The van der Waals surface area contributed by atoms with Crippen molar-refractivity contribution >= 4 is 22.9 Å².